The maximum atomic E-state index is 13.0. The Morgan fingerprint density at radius 2 is 2.00 bits per heavy atom. The van der Waals surface area contributed by atoms with Gasteiger partial charge in [0.25, 0.3) is 5.56 Å². The van der Waals surface area contributed by atoms with Gasteiger partial charge in [0.1, 0.15) is 0 Å². The second kappa shape index (κ2) is 7.21. The Kier molecular flexibility index (Phi) is 4.63. The van der Waals surface area contributed by atoms with Gasteiger partial charge < -0.3 is 0 Å². The molecule has 6 heteroatoms. The maximum Gasteiger partial charge on any atom is 0.262 e. The lowest BCUT2D eigenvalue weighted by Crippen LogP contribution is -2.23. The lowest BCUT2D eigenvalue weighted by atomic mass is 10.2. The zero-order chi connectivity index (χ0) is 17.1. The number of thioether (sulfide) groups is 1. The van der Waals surface area contributed by atoms with Crippen molar-refractivity contribution in [1.82, 2.24) is 14.5 Å². The van der Waals surface area contributed by atoms with Crippen LogP contribution in [0, 0.1) is 0 Å². The van der Waals surface area contributed by atoms with Crippen LogP contribution in [0.3, 0.4) is 0 Å². The first-order valence-electron chi connectivity index (χ1n) is 7.85. The van der Waals surface area contributed by atoms with Gasteiger partial charge in [-0.05, 0) is 35.2 Å². The third-order valence-corrected chi connectivity index (χ3v) is 5.72. The Labute approximate surface area is 153 Å². The molecule has 3 heterocycles. The van der Waals surface area contributed by atoms with Crippen molar-refractivity contribution in [2.24, 2.45) is 0 Å². The summed E-state index contributed by atoms with van der Waals surface area (Å²) in [6.07, 6.45) is 3.60. The molecule has 0 aliphatic heterocycles. The van der Waals surface area contributed by atoms with Crippen molar-refractivity contribution in [2.45, 2.75) is 17.5 Å². The first-order chi connectivity index (χ1) is 12.3. The largest absolute Gasteiger partial charge is 0.282 e. The minimum Gasteiger partial charge on any atom is -0.282 e. The van der Waals surface area contributed by atoms with E-state index in [1.807, 2.05) is 60.1 Å². The van der Waals surface area contributed by atoms with Gasteiger partial charge in [0.05, 0.1) is 17.4 Å². The second-order valence-electron chi connectivity index (χ2n) is 5.53. The predicted octanol–water partition coefficient (Wildman–Crippen LogP) is 4.19. The van der Waals surface area contributed by atoms with Crippen LogP contribution in [0.5, 0.6) is 0 Å². The number of hydrogen-bond acceptors (Lipinski definition) is 5. The molecule has 0 unspecified atom stereocenters. The molecular formula is C19H15N3OS2. The van der Waals surface area contributed by atoms with Gasteiger partial charge in [-0.3, -0.25) is 14.3 Å². The van der Waals surface area contributed by atoms with Gasteiger partial charge in [0, 0.05) is 23.0 Å². The Bertz CT molecular complexity index is 1040. The summed E-state index contributed by atoms with van der Waals surface area (Å²) in [6, 6.07) is 15.5. The highest BCUT2D eigenvalue weighted by atomic mass is 32.2. The highest BCUT2D eigenvalue weighted by molar-refractivity contribution is 7.98. The Balaban J connectivity index is 1.76. The second-order valence-corrected chi connectivity index (χ2v) is 7.51. The molecule has 0 N–H and O–H groups in total. The summed E-state index contributed by atoms with van der Waals surface area (Å²) < 4.78 is 1.77. The summed E-state index contributed by atoms with van der Waals surface area (Å²) in [4.78, 5) is 23.0. The van der Waals surface area contributed by atoms with Crippen LogP contribution in [0.4, 0.5) is 0 Å². The molecule has 0 radical (unpaired) electrons. The quantitative estimate of drug-likeness (QED) is 0.393. The minimum atomic E-state index is 0.00712. The van der Waals surface area contributed by atoms with Gasteiger partial charge >= 0.3 is 0 Å². The molecule has 0 aliphatic rings. The van der Waals surface area contributed by atoms with Gasteiger partial charge in [0.2, 0.25) is 0 Å². The van der Waals surface area contributed by atoms with Gasteiger partial charge in [0.15, 0.2) is 5.16 Å². The van der Waals surface area contributed by atoms with Gasteiger partial charge in [-0.1, -0.05) is 36.0 Å². The van der Waals surface area contributed by atoms with Crippen LogP contribution in [0.1, 0.15) is 10.4 Å². The van der Waals surface area contributed by atoms with Crippen LogP contribution >= 0.6 is 23.1 Å². The summed E-state index contributed by atoms with van der Waals surface area (Å²) in [7, 11) is 0. The number of thiophene rings is 1. The van der Waals surface area contributed by atoms with Gasteiger partial charge in [-0.2, -0.15) is 0 Å². The molecule has 124 valence electrons. The standard InChI is InChI=1S/C19H15N3OS2/c23-18-16-7-1-2-8-17(16)21-19(22(18)12-15-6-4-10-24-15)25-13-14-5-3-9-20-11-14/h1-11H,12-13H2. The van der Waals surface area contributed by atoms with Crippen LogP contribution in [-0.4, -0.2) is 14.5 Å². The van der Waals surface area contributed by atoms with E-state index in [0.717, 1.165) is 26.9 Å². The van der Waals surface area contributed by atoms with Crippen molar-refractivity contribution in [1.29, 1.82) is 0 Å². The van der Waals surface area contributed by atoms with E-state index >= 15 is 0 Å². The number of fused-ring (bicyclic) bond motifs is 1. The van der Waals surface area contributed by atoms with Crippen LogP contribution in [0.25, 0.3) is 10.9 Å². The van der Waals surface area contributed by atoms with Crippen molar-refractivity contribution < 1.29 is 0 Å². The lowest BCUT2D eigenvalue weighted by Gasteiger charge is -2.12. The zero-order valence-corrected chi connectivity index (χ0v) is 15.0. The molecule has 0 fully saturated rings. The van der Waals surface area contributed by atoms with Crippen LogP contribution < -0.4 is 5.56 Å². The zero-order valence-electron chi connectivity index (χ0n) is 13.3. The number of benzene rings is 1. The smallest absolute Gasteiger partial charge is 0.262 e. The average molecular weight is 365 g/mol. The summed E-state index contributed by atoms with van der Waals surface area (Å²) in [5, 5.41) is 3.42. The van der Waals surface area contributed by atoms with Crippen molar-refractivity contribution in [3.8, 4) is 0 Å². The number of rotatable bonds is 5. The summed E-state index contributed by atoms with van der Waals surface area (Å²) >= 11 is 3.22. The SMILES string of the molecule is O=c1c2ccccc2nc(SCc2cccnc2)n1Cc1cccs1. The molecule has 4 nitrogen and oxygen atoms in total. The van der Waals surface area contributed by atoms with Crippen LogP contribution in [0.2, 0.25) is 0 Å². The molecule has 4 aromatic rings. The van der Waals surface area contributed by atoms with Crippen molar-refractivity contribution >= 4 is 34.0 Å². The first kappa shape index (κ1) is 16.1. The maximum absolute atomic E-state index is 13.0. The van der Waals surface area contributed by atoms with Crippen molar-refractivity contribution in [3.05, 3.63) is 87.1 Å². The monoisotopic (exact) mass is 365 g/mol. The summed E-state index contributed by atoms with van der Waals surface area (Å²) in [5.41, 5.74) is 1.86. The van der Waals surface area contributed by atoms with Crippen LogP contribution in [0.15, 0.2) is 76.3 Å². The normalized spacial score (nSPS) is 11.0. The highest BCUT2D eigenvalue weighted by Crippen LogP contribution is 2.23. The van der Waals surface area contributed by atoms with E-state index in [1.54, 1.807) is 33.9 Å². The predicted molar refractivity (Wildman–Crippen MR) is 103 cm³/mol. The summed E-state index contributed by atoms with van der Waals surface area (Å²) in [5.74, 6) is 0.725. The first-order valence-corrected chi connectivity index (χ1v) is 9.71. The van der Waals surface area contributed by atoms with E-state index in [4.69, 9.17) is 4.98 Å². The number of hydrogen-bond donors (Lipinski definition) is 0. The molecule has 1 aromatic carbocycles. The molecule has 0 spiro atoms. The topological polar surface area (TPSA) is 47.8 Å². The number of pyridine rings is 1. The van der Waals surface area contributed by atoms with E-state index in [-0.39, 0.29) is 5.56 Å². The Hall–Kier alpha value is -2.44. The molecule has 3 aromatic heterocycles. The number of nitrogens with zero attached hydrogens (tertiary/aromatic N) is 3. The van der Waals surface area contributed by atoms with Crippen molar-refractivity contribution in [3.63, 3.8) is 0 Å². The summed E-state index contributed by atoms with van der Waals surface area (Å²) in [6.45, 7) is 0.545. The fourth-order valence-electron chi connectivity index (χ4n) is 2.59. The molecule has 0 aliphatic carbocycles. The Morgan fingerprint density at radius 3 is 2.80 bits per heavy atom. The van der Waals surface area contributed by atoms with Gasteiger partial charge in [-0.25, -0.2) is 4.98 Å². The molecular weight excluding hydrogens is 350 g/mol. The third kappa shape index (κ3) is 3.50. The third-order valence-electron chi connectivity index (χ3n) is 3.81. The number of aromatic nitrogens is 3. The van der Waals surface area contributed by atoms with E-state index in [9.17, 15) is 4.79 Å². The van der Waals surface area contributed by atoms with E-state index in [2.05, 4.69) is 4.98 Å². The Morgan fingerprint density at radius 1 is 1.08 bits per heavy atom. The van der Waals surface area contributed by atoms with E-state index in [1.165, 1.54) is 0 Å². The van der Waals surface area contributed by atoms with E-state index in [0.29, 0.717) is 11.9 Å². The fourth-order valence-corrected chi connectivity index (χ4v) is 4.21. The fraction of sp³-hybridized carbons (Fsp3) is 0.105. The van der Waals surface area contributed by atoms with Crippen molar-refractivity contribution in [2.75, 3.05) is 0 Å². The van der Waals surface area contributed by atoms with Gasteiger partial charge in [-0.15, -0.1) is 11.3 Å². The molecule has 4 rings (SSSR count). The highest BCUT2D eigenvalue weighted by Gasteiger charge is 2.12. The van der Waals surface area contributed by atoms with E-state index < -0.39 is 0 Å². The molecule has 25 heavy (non-hydrogen) atoms. The average Bonchev–Trinajstić information content (AvgIpc) is 3.17. The molecule has 0 saturated carbocycles. The lowest BCUT2D eigenvalue weighted by molar-refractivity contribution is 0.664. The molecule has 0 bridgehead atoms. The minimum absolute atomic E-state index is 0.00712. The molecule has 0 saturated heterocycles. The molecule has 0 atom stereocenters. The molecule has 0 amide bonds. The number of para-hydroxylation sites is 1. The van der Waals surface area contributed by atoms with Crippen LogP contribution in [-0.2, 0) is 12.3 Å².